The SMILES string of the molecule is CCS(=O)(=O)c1cc(-c2ccc(C3CC3)cc2)cnc1-c1cc2n(CC3CC3)cc(C(F)(F)F)cc-2n1. The third kappa shape index (κ3) is 4.77. The second-order valence-corrected chi connectivity index (χ2v) is 12.4. The molecule has 4 aliphatic rings. The van der Waals surface area contributed by atoms with Crippen molar-refractivity contribution in [3.63, 3.8) is 0 Å². The highest BCUT2D eigenvalue weighted by molar-refractivity contribution is 7.91. The van der Waals surface area contributed by atoms with Crippen LogP contribution in [0.15, 0.2) is 59.8 Å². The van der Waals surface area contributed by atoms with Gasteiger partial charge in [-0.2, -0.15) is 13.2 Å². The molecule has 0 N–H and O–H groups in total. The molecule has 0 atom stereocenters. The van der Waals surface area contributed by atoms with Gasteiger partial charge in [0.05, 0.1) is 33.3 Å². The van der Waals surface area contributed by atoms with E-state index in [1.807, 2.05) is 12.1 Å². The molecule has 2 saturated carbocycles. The smallest absolute Gasteiger partial charge is 0.345 e. The van der Waals surface area contributed by atoms with Crippen LogP contribution < -0.4 is 0 Å². The van der Waals surface area contributed by atoms with E-state index in [2.05, 4.69) is 22.1 Å². The zero-order chi connectivity index (χ0) is 25.9. The van der Waals surface area contributed by atoms with E-state index in [1.165, 1.54) is 18.4 Å². The maximum Gasteiger partial charge on any atom is 0.417 e. The number of pyridine rings is 2. The molecule has 0 unspecified atom stereocenters. The highest BCUT2D eigenvalue weighted by atomic mass is 32.2. The molecule has 3 heterocycles. The van der Waals surface area contributed by atoms with Gasteiger partial charge in [-0.15, -0.1) is 0 Å². The van der Waals surface area contributed by atoms with Crippen LogP contribution in [0.1, 0.15) is 49.7 Å². The average molecular weight is 526 g/mol. The molecule has 6 rings (SSSR count). The second-order valence-electron chi connectivity index (χ2n) is 10.1. The molecule has 2 aliphatic heterocycles. The molecule has 9 heteroatoms. The number of sulfone groups is 1. The Bertz CT molecular complexity index is 1550. The minimum atomic E-state index is -4.51. The van der Waals surface area contributed by atoms with Crippen molar-refractivity contribution in [1.82, 2.24) is 14.5 Å². The van der Waals surface area contributed by atoms with Crippen LogP contribution in [-0.2, 0) is 22.6 Å². The number of benzene rings is 1. The van der Waals surface area contributed by atoms with Crippen molar-refractivity contribution < 1.29 is 21.6 Å². The largest absolute Gasteiger partial charge is 0.417 e. The third-order valence-electron chi connectivity index (χ3n) is 7.26. The summed E-state index contributed by atoms with van der Waals surface area (Å²) in [5.74, 6) is 0.824. The van der Waals surface area contributed by atoms with E-state index in [0.29, 0.717) is 29.6 Å². The first-order valence-electron chi connectivity index (χ1n) is 12.5. The number of rotatable bonds is 7. The Labute approximate surface area is 213 Å². The van der Waals surface area contributed by atoms with E-state index in [4.69, 9.17) is 0 Å². The van der Waals surface area contributed by atoms with Crippen LogP contribution in [0.4, 0.5) is 13.2 Å². The van der Waals surface area contributed by atoms with Gasteiger partial charge in [0.15, 0.2) is 9.84 Å². The maximum atomic E-state index is 13.6. The van der Waals surface area contributed by atoms with E-state index in [0.717, 1.165) is 30.7 Å². The van der Waals surface area contributed by atoms with Gasteiger partial charge in [-0.05, 0) is 66.8 Å². The Morgan fingerprint density at radius 2 is 1.70 bits per heavy atom. The summed E-state index contributed by atoms with van der Waals surface area (Å²) >= 11 is 0. The van der Waals surface area contributed by atoms with Gasteiger partial charge in [-0.3, -0.25) is 4.98 Å². The molecule has 1 aromatic heterocycles. The predicted octanol–water partition coefficient (Wildman–Crippen LogP) is 6.82. The van der Waals surface area contributed by atoms with Gasteiger partial charge in [-0.1, -0.05) is 31.2 Å². The lowest BCUT2D eigenvalue weighted by atomic mass is 10.0. The molecule has 0 spiro atoms. The van der Waals surface area contributed by atoms with E-state index in [1.54, 1.807) is 29.8 Å². The lowest BCUT2D eigenvalue weighted by Crippen LogP contribution is -2.12. The Balaban J connectivity index is 1.47. The molecule has 0 bridgehead atoms. The van der Waals surface area contributed by atoms with Crippen molar-refractivity contribution in [3.8, 4) is 33.9 Å². The molecule has 5 nitrogen and oxygen atoms in total. The highest BCUT2D eigenvalue weighted by Crippen LogP contribution is 2.42. The topological polar surface area (TPSA) is 64.8 Å². The van der Waals surface area contributed by atoms with Crippen LogP contribution in [0, 0.1) is 5.92 Å². The first kappa shape index (κ1) is 24.2. The number of nitrogens with zero attached hydrogens (tertiary/aromatic N) is 3. The van der Waals surface area contributed by atoms with Crippen molar-refractivity contribution in [2.24, 2.45) is 5.92 Å². The lowest BCUT2D eigenvalue weighted by Gasteiger charge is -2.15. The first-order chi connectivity index (χ1) is 17.6. The number of hydrogen-bond acceptors (Lipinski definition) is 4. The molecule has 2 fully saturated rings. The van der Waals surface area contributed by atoms with Crippen LogP contribution in [0.5, 0.6) is 0 Å². The van der Waals surface area contributed by atoms with Crippen LogP contribution in [0.3, 0.4) is 0 Å². The minimum Gasteiger partial charge on any atom is -0.345 e. The molecule has 1 aromatic carbocycles. The van der Waals surface area contributed by atoms with Crippen molar-refractivity contribution in [3.05, 3.63) is 66.0 Å². The molecule has 2 aliphatic carbocycles. The quantitative estimate of drug-likeness (QED) is 0.266. The number of fused-ring (bicyclic) bond motifs is 1. The molecule has 0 amide bonds. The maximum absolute atomic E-state index is 13.6. The van der Waals surface area contributed by atoms with Crippen molar-refractivity contribution in [2.75, 3.05) is 5.75 Å². The highest BCUT2D eigenvalue weighted by Gasteiger charge is 2.34. The molecule has 0 saturated heterocycles. The number of aromatic nitrogens is 3. The summed E-state index contributed by atoms with van der Waals surface area (Å²) in [6.45, 7) is 2.03. The Morgan fingerprint density at radius 3 is 2.32 bits per heavy atom. The standard InChI is InChI=1S/C28H26F3N3O2S/c1-2-37(35,36)26-11-21(20-9-7-19(8-10-20)18-5-6-18)14-32-27(26)24-13-25-23(33-24)12-22(28(29,30)31)16-34(25)15-17-3-4-17/h7-14,16-18H,2-6,15H2,1H3. The van der Waals surface area contributed by atoms with Gasteiger partial charge in [0.25, 0.3) is 0 Å². The summed E-state index contributed by atoms with van der Waals surface area (Å²) in [6, 6.07) is 12.4. The Morgan fingerprint density at radius 1 is 0.973 bits per heavy atom. The Hall–Kier alpha value is -3.20. The van der Waals surface area contributed by atoms with Crippen LogP contribution in [0.25, 0.3) is 33.9 Å². The normalized spacial score (nSPS) is 16.4. The van der Waals surface area contributed by atoms with Gasteiger partial charge in [0.1, 0.15) is 5.69 Å². The number of hydrogen-bond donors (Lipinski definition) is 0. The minimum absolute atomic E-state index is 0.0337. The van der Waals surface area contributed by atoms with Gasteiger partial charge in [-0.25, -0.2) is 13.4 Å². The third-order valence-corrected chi connectivity index (χ3v) is 9.00. The molecule has 0 radical (unpaired) electrons. The fourth-order valence-electron chi connectivity index (χ4n) is 4.74. The van der Waals surface area contributed by atoms with E-state index < -0.39 is 21.6 Å². The van der Waals surface area contributed by atoms with Crippen LogP contribution in [-0.4, -0.2) is 28.7 Å². The second kappa shape index (κ2) is 8.68. The van der Waals surface area contributed by atoms with Crippen LogP contribution in [0.2, 0.25) is 0 Å². The van der Waals surface area contributed by atoms with Gasteiger partial charge in [0, 0.05) is 24.5 Å². The van der Waals surface area contributed by atoms with E-state index in [-0.39, 0.29) is 27.7 Å². The summed E-state index contributed by atoms with van der Waals surface area (Å²) in [5, 5.41) is 0. The predicted molar refractivity (Wildman–Crippen MR) is 135 cm³/mol. The molecular weight excluding hydrogens is 499 g/mol. The molecule has 37 heavy (non-hydrogen) atoms. The number of halogens is 3. The molecular formula is C28H26F3N3O2S. The fraction of sp³-hybridized carbons (Fsp3) is 0.357. The number of alkyl halides is 3. The van der Waals surface area contributed by atoms with Crippen molar-refractivity contribution >= 4 is 9.84 Å². The summed E-state index contributed by atoms with van der Waals surface area (Å²) in [5.41, 5.74) is 3.14. The van der Waals surface area contributed by atoms with Crippen LogP contribution >= 0.6 is 0 Å². The molecule has 192 valence electrons. The van der Waals surface area contributed by atoms with E-state index >= 15 is 0 Å². The lowest BCUT2D eigenvalue weighted by molar-refractivity contribution is -0.138. The van der Waals surface area contributed by atoms with E-state index in [9.17, 15) is 21.6 Å². The monoisotopic (exact) mass is 525 g/mol. The average Bonchev–Trinajstić information content (AvgIpc) is 3.81. The summed E-state index contributed by atoms with van der Waals surface area (Å²) in [7, 11) is -3.70. The molecule has 2 aromatic rings. The van der Waals surface area contributed by atoms with Crippen molar-refractivity contribution in [1.29, 1.82) is 0 Å². The fourth-order valence-corrected chi connectivity index (χ4v) is 5.81. The first-order valence-corrected chi connectivity index (χ1v) is 14.2. The van der Waals surface area contributed by atoms with Crippen molar-refractivity contribution in [2.45, 2.75) is 56.1 Å². The zero-order valence-electron chi connectivity index (χ0n) is 20.3. The summed E-state index contributed by atoms with van der Waals surface area (Å²) < 4.78 is 68.6. The van der Waals surface area contributed by atoms with Gasteiger partial charge in [0.2, 0.25) is 0 Å². The zero-order valence-corrected chi connectivity index (χ0v) is 21.1. The summed E-state index contributed by atoms with van der Waals surface area (Å²) in [6.07, 6.45) is 2.57. The van der Waals surface area contributed by atoms with Gasteiger partial charge < -0.3 is 4.57 Å². The van der Waals surface area contributed by atoms with Gasteiger partial charge >= 0.3 is 6.18 Å². The summed E-state index contributed by atoms with van der Waals surface area (Å²) in [4.78, 5) is 8.99. The Kier molecular flexibility index (Phi) is 5.67.